The van der Waals surface area contributed by atoms with Crippen molar-refractivity contribution < 1.29 is 37.3 Å². The molecule has 2 aliphatic heterocycles. The minimum absolute atomic E-state index is 0.00242. The third-order valence-electron chi connectivity index (χ3n) is 10.0. The van der Waals surface area contributed by atoms with Gasteiger partial charge >= 0.3 is 6.18 Å². The van der Waals surface area contributed by atoms with E-state index in [0.717, 1.165) is 41.4 Å². The molecule has 3 aliphatic rings. The number of aromatic nitrogens is 3. The van der Waals surface area contributed by atoms with Crippen molar-refractivity contribution in [1.29, 1.82) is 0 Å². The molecule has 11 nitrogen and oxygen atoms in total. The summed E-state index contributed by atoms with van der Waals surface area (Å²) in [4.78, 5) is 27.6. The Balaban J connectivity index is 1.13. The van der Waals surface area contributed by atoms with Gasteiger partial charge in [0.2, 0.25) is 23.5 Å². The minimum Gasteiger partial charge on any atom is -0.481 e. The second-order valence-electron chi connectivity index (χ2n) is 14.0. The van der Waals surface area contributed by atoms with Crippen molar-refractivity contribution in [3.8, 4) is 40.2 Å². The highest BCUT2D eigenvalue weighted by Gasteiger charge is 2.48. The summed E-state index contributed by atoms with van der Waals surface area (Å²) in [5.74, 6) is 0.00991. The Morgan fingerprint density at radius 3 is 2.55 bits per heavy atom. The summed E-state index contributed by atoms with van der Waals surface area (Å²) < 4.78 is 60.1. The molecule has 1 unspecified atom stereocenters. The molecule has 3 aromatic heterocycles. The number of aliphatic hydroxyl groups is 1. The van der Waals surface area contributed by atoms with Crippen LogP contribution >= 0.6 is 11.6 Å². The number of hydrogen-bond acceptors (Lipinski definition) is 10. The van der Waals surface area contributed by atoms with E-state index in [4.69, 9.17) is 30.8 Å². The Morgan fingerprint density at radius 1 is 1.08 bits per heavy atom. The van der Waals surface area contributed by atoms with Crippen LogP contribution in [0, 0.1) is 5.41 Å². The fraction of sp³-hybridized carbons (Fsp3) is 0.421. The van der Waals surface area contributed by atoms with E-state index in [1.807, 2.05) is 30.3 Å². The van der Waals surface area contributed by atoms with E-state index in [1.165, 1.54) is 7.11 Å². The molecule has 0 radical (unpaired) electrons. The molecule has 2 atom stereocenters. The van der Waals surface area contributed by atoms with Crippen molar-refractivity contribution in [2.75, 3.05) is 40.4 Å². The molecule has 2 fully saturated rings. The van der Waals surface area contributed by atoms with Crippen molar-refractivity contribution in [3.63, 3.8) is 0 Å². The third-order valence-corrected chi connectivity index (χ3v) is 10.4. The lowest BCUT2D eigenvalue weighted by atomic mass is 9.79. The molecule has 3 N–H and O–H groups in total. The number of aliphatic hydroxyl groups excluding tert-OH is 1. The number of carbonyl (C=O) groups excluding carboxylic acids is 1. The number of likely N-dealkylation sites (tertiary alicyclic amines) is 1. The number of fused-ring (bicyclic) bond motifs is 1. The van der Waals surface area contributed by atoms with Gasteiger partial charge in [0, 0.05) is 79.6 Å². The molecule has 7 rings (SSSR count). The van der Waals surface area contributed by atoms with Crippen molar-refractivity contribution in [3.05, 3.63) is 81.5 Å². The molecular formula is C38H40ClF3N6O5. The zero-order valence-corrected chi connectivity index (χ0v) is 30.3. The molecule has 0 saturated carbocycles. The Bertz CT molecular complexity index is 2020. The number of halogens is 4. The van der Waals surface area contributed by atoms with Crippen LogP contribution in [0.5, 0.6) is 17.6 Å². The Labute approximate surface area is 309 Å². The molecule has 1 amide bonds. The van der Waals surface area contributed by atoms with Crippen LogP contribution in [0.25, 0.3) is 22.5 Å². The standard InChI is InChI=1S/C38H40ClF3N6O5/c1-21(49)15-43-16-23-13-28(38(40,41)42)36(47-35(23)52-3)53-30-10-8-24-25(30)5-4-6-26(24)33-32(39)27(11-12-44-33)29-9-7-22(34(46-29)51-2)17-48-19-37(20-48)14-31(50)45-18-37/h4-7,9,11-13,21,30,43,49H,8,10,14-20H2,1-3H3,(H,45,50)/t21?,30-/m1/s1. The number of nitrogens with one attached hydrogen (secondary N) is 2. The van der Waals surface area contributed by atoms with Gasteiger partial charge in [-0.1, -0.05) is 35.9 Å². The molecule has 0 bridgehead atoms. The number of amides is 1. The SMILES string of the molecule is COc1nc(-c2ccnc(-c3cccc4c3CC[C@H]4Oc3nc(OC)c(CNCC(C)O)cc3C(F)(F)F)c2Cl)ccc1CN1CC2(CNC(=O)C2)C1. The van der Waals surface area contributed by atoms with Gasteiger partial charge in [-0.2, -0.15) is 18.2 Å². The van der Waals surface area contributed by atoms with Gasteiger partial charge in [-0.25, -0.2) is 4.98 Å². The summed E-state index contributed by atoms with van der Waals surface area (Å²) in [6, 6.07) is 12.2. The third kappa shape index (κ3) is 7.50. The summed E-state index contributed by atoms with van der Waals surface area (Å²) in [6.45, 7) is 4.78. The second kappa shape index (κ2) is 14.7. The number of rotatable bonds is 12. The van der Waals surface area contributed by atoms with Crippen molar-refractivity contribution in [2.45, 2.75) is 57.7 Å². The van der Waals surface area contributed by atoms with Gasteiger partial charge in [0.1, 0.15) is 11.7 Å². The molecule has 5 heterocycles. The quantitative estimate of drug-likeness (QED) is 0.164. The van der Waals surface area contributed by atoms with E-state index < -0.39 is 29.8 Å². The minimum atomic E-state index is -4.74. The van der Waals surface area contributed by atoms with Crippen LogP contribution in [0.3, 0.4) is 0 Å². The summed E-state index contributed by atoms with van der Waals surface area (Å²) in [5, 5.41) is 15.8. The molecule has 4 aromatic rings. The molecule has 53 heavy (non-hydrogen) atoms. The van der Waals surface area contributed by atoms with Gasteiger partial charge in [0.05, 0.1) is 36.7 Å². The number of carbonyl (C=O) groups is 1. The first-order chi connectivity index (χ1) is 25.4. The van der Waals surface area contributed by atoms with E-state index in [-0.39, 0.29) is 35.9 Å². The first kappa shape index (κ1) is 36.8. The van der Waals surface area contributed by atoms with Crippen LogP contribution in [-0.2, 0) is 30.5 Å². The number of alkyl halides is 3. The van der Waals surface area contributed by atoms with E-state index in [2.05, 4.69) is 25.5 Å². The maximum absolute atomic E-state index is 14.3. The molecule has 280 valence electrons. The van der Waals surface area contributed by atoms with Gasteiger partial charge in [0.15, 0.2) is 0 Å². The average Bonchev–Trinajstić information content (AvgIpc) is 3.71. The number of nitrogens with zero attached hydrogens (tertiary/aromatic N) is 4. The number of ether oxygens (including phenoxy) is 3. The summed E-state index contributed by atoms with van der Waals surface area (Å²) in [7, 11) is 2.91. The summed E-state index contributed by atoms with van der Waals surface area (Å²) in [5.41, 5.74) is 4.22. The monoisotopic (exact) mass is 752 g/mol. The van der Waals surface area contributed by atoms with Crippen LogP contribution in [0.4, 0.5) is 13.2 Å². The molecule has 15 heteroatoms. The van der Waals surface area contributed by atoms with Crippen molar-refractivity contribution in [2.24, 2.45) is 5.41 Å². The molecule has 1 aliphatic carbocycles. The van der Waals surface area contributed by atoms with Crippen LogP contribution in [0.15, 0.2) is 48.7 Å². The number of hydrogen-bond donors (Lipinski definition) is 3. The molecule has 1 spiro atoms. The first-order valence-corrected chi connectivity index (χ1v) is 17.8. The molecular weight excluding hydrogens is 713 g/mol. The van der Waals surface area contributed by atoms with Gasteiger partial charge in [0.25, 0.3) is 0 Å². The lowest BCUT2D eigenvalue weighted by Gasteiger charge is -2.47. The predicted octanol–water partition coefficient (Wildman–Crippen LogP) is 5.75. The van der Waals surface area contributed by atoms with Gasteiger partial charge in [-0.05, 0) is 49.1 Å². The van der Waals surface area contributed by atoms with E-state index in [0.29, 0.717) is 60.2 Å². The lowest BCUT2D eigenvalue weighted by molar-refractivity contribution is -0.139. The van der Waals surface area contributed by atoms with Gasteiger partial charge < -0.3 is 30.0 Å². The fourth-order valence-electron chi connectivity index (χ4n) is 7.61. The largest absolute Gasteiger partial charge is 0.481 e. The number of methoxy groups -OCH3 is 2. The van der Waals surface area contributed by atoms with Crippen molar-refractivity contribution >= 4 is 17.5 Å². The van der Waals surface area contributed by atoms with E-state index >= 15 is 0 Å². The zero-order chi connectivity index (χ0) is 37.5. The van der Waals surface area contributed by atoms with Crippen molar-refractivity contribution in [1.82, 2.24) is 30.5 Å². The zero-order valence-electron chi connectivity index (χ0n) is 29.5. The van der Waals surface area contributed by atoms with E-state index in [1.54, 1.807) is 26.3 Å². The fourth-order valence-corrected chi connectivity index (χ4v) is 7.92. The molecule has 2 saturated heterocycles. The topological polar surface area (TPSA) is 131 Å². The summed E-state index contributed by atoms with van der Waals surface area (Å²) >= 11 is 7.07. The smallest absolute Gasteiger partial charge is 0.421 e. The van der Waals surface area contributed by atoms with Crippen LogP contribution < -0.4 is 24.8 Å². The average molecular weight is 753 g/mol. The first-order valence-electron chi connectivity index (χ1n) is 17.4. The highest BCUT2D eigenvalue weighted by Crippen LogP contribution is 2.46. The summed E-state index contributed by atoms with van der Waals surface area (Å²) in [6.07, 6.45) is -2.99. The highest BCUT2D eigenvalue weighted by molar-refractivity contribution is 6.35. The van der Waals surface area contributed by atoms with Crippen LogP contribution in [0.2, 0.25) is 5.02 Å². The lowest BCUT2D eigenvalue weighted by Crippen LogP contribution is -2.56. The number of benzene rings is 1. The molecule has 1 aromatic carbocycles. The van der Waals surface area contributed by atoms with Crippen LogP contribution in [0.1, 0.15) is 53.7 Å². The maximum Gasteiger partial charge on any atom is 0.421 e. The van der Waals surface area contributed by atoms with Gasteiger partial charge in [-0.15, -0.1) is 0 Å². The Hall–Kier alpha value is -4.50. The van der Waals surface area contributed by atoms with Gasteiger partial charge in [-0.3, -0.25) is 14.7 Å². The van der Waals surface area contributed by atoms with E-state index in [9.17, 15) is 23.1 Å². The Kier molecular flexibility index (Phi) is 10.2. The highest BCUT2D eigenvalue weighted by atomic mass is 35.5. The van der Waals surface area contributed by atoms with Crippen LogP contribution in [-0.4, -0.2) is 77.4 Å². The number of pyridine rings is 3. The predicted molar refractivity (Wildman–Crippen MR) is 191 cm³/mol. The maximum atomic E-state index is 14.3. The Morgan fingerprint density at radius 2 is 1.85 bits per heavy atom. The normalized spacial score (nSPS) is 18.4. The second-order valence-corrected chi connectivity index (χ2v) is 14.4.